The lowest BCUT2D eigenvalue weighted by atomic mass is 10.1. The Bertz CT molecular complexity index is 1010. The Morgan fingerprint density at radius 2 is 2.00 bits per heavy atom. The first-order chi connectivity index (χ1) is 11.7. The molecule has 8 nitrogen and oxygen atoms in total. The third kappa shape index (κ3) is 3.21. The fourth-order valence-corrected chi connectivity index (χ4v) is 2.33. The Balaban J connectivity index is 2.14. The van der Waals surface area contributed by atoms with Gasteiger partial charge in [0.05, 0.1) is 29.1 Å². The Morgan fingerprint density at radius 3 is 2.64 bits per heavy atom. The predicted octanol–water partition coefficient (Wildman–Crippen LogP) is 3.07. The van der Waals surface area contributed by atoms with Crippen molar-refractivity contribution in [1.82, 2.24) is 14.4 Å². The van der Waals surface area contributed by atoms with E-state index in [0.717, 1.165) is 6.07 Å². The van der Waals surface area contributed by atoms with E-state index in [9.17, 15) is 14.0 Å². The van der Waals surface area contributed by atoms with Crippen LogP contribution in [0.5, 0.6) is 0 Å². The first kappa shape index (κ1) is 16.6. The largest absolute Gasteiger partial charge is 0.478 e. The molecule has 0 atom stereocenters. The highest BCUT2D eigenvalue weighted by Crippen LogP contribution is 2.24. The van der Waals surface area contributed by atoms with E-state index in [1.807, 2.05) is 0 Å². The topological polar surface area (TPSA) is 106 Å². The molecule has 9 heteroatoms. The number of ether oxygens (including phenoxy) is 1. The molecule has 0 aliphatic rings. The summed E-state index contributed by atoms with van der Waals surface area (Å²) in [6.45, 7) is 5.16. The maximum absolute atomic E-state index is 14.0. The number of benzene rings is 1. The van der Waals surface area contributed by atoms with Gasteiger partial charge in [-0.1, -0.05) is 0 Å². The first-order valence-corrected chi connectivity index (χ1v) is 7.34. The molecule has 2 heterocycles. The summed E-state index contributed by atoms with van der Waals surface area (Å²) in [6, 6.07) is 2.17. The number of rotatable bonds is 2. The molecule has 0 aliphatic carbocycles. The monoisotopic (exact) mass is 346 g/mol. The highest BCUT2D eigenvalue weighted by Gasteiger charge is 2.20. The molecule has 0 saturated carbocycles. The molecule has 0 spiro atoms. The number of aromatic nitrogens is 3. The number of carboxylic acids is 1. The molecule has 0 aliphatic heterocycles. The molecule has 130 valence electrons. The minimum Gasteiger partial charge on any atom is -0.478 e. The summed E-state index contributed by atoms with van der Waals surface area (Å²) >= 11 is 0. The normalized spacial score (nSPS) is 11.7. The quantitative estimate of drug-likeness (QED) is 0.739. The van der Waals surface area contributed by atoms with E-state index >= 15 is 0 Å². The van der Waals surface area contributed by atoms with E-state index in [-0.39, 0.29) is 11.3 Å². The van der Waals surface area contributed by atoms with Crippen molar-refractivity contribution in [3.63, 3.8) is 0 Å². The van der Waals surface area contributed by atoms with Crippen molar-refractivity contribution >= 4 is 34.4 Å². The zero-order valence-electron chi connectivity index (χ0n) is 13.7. The van der Waals surface area contributed by atoms with E-state index in [4.69, 9.17) is 9.84 Å². The van der Waals surface area contributed by atoms with Crippen molar-refractivity contribution in [3.8, 4) is 0 Å². The van der Waals surface area contributed by atoms with E-state index in [0.29, 0.717) is 11.0 Å². The van der Waals surface area contributed by atoms with Crippen molar-refractivity contribution in [1.29, 1.82) is 0 Å². The molecule has 0 unspecified atom stereocenters. The maximum atomic E-state index is 14.0. The molecular weight excluding hydrogens is 331 g/mol. The summed E-state index contributed by atoms with van der Waals surface area (Å²) in [7, 11) is 0. The summed E-state index contributed by atoms with van der Waals surface area (Å²) in [6.07, 6.45) is 2.15. The minimum atomic E-state index is -1.39. The number of carbonyl (C=O) groups is 2. The van der Waals surface area contributed by atoms with Crippen LogP contribution in [0.2, 0.25) is 0 Å². The molecule has 25 heavy (non-hydrogen) atoms. The van der Waals surface area contributed by atoms with E-state index in [1.54, 1.807) is 20.8 Å². The van der Waals surface area contributed by atoms with E-state index in [1.165, 1.54) is 23.0 Å². The number of halogens is 1. The Morgan fingerprint density at radius 1 is 1.28 bits per heavy atom. The van der Waals surface area contributed by atoms with Crippen molar-refractivity contribution in [2.24, 2.45) is 0 Å². The average Bonchev–Trinajstić information content (AvgIpc) is 2.94. The zero-order valence-corrected chi connectivity index (χ0v) is 13.7. The number of nitrogens with one attached hydrogen (secondary N) is 1. The highest BCUT2D eigenvalue weighted by molar-refractivity contribution is 5.96. The van der Waals surface area contributed by atoms with Gasteiger partial charge in [-0.05, 0) is 26.8 Å². The lowest BCUT2D eigenvalue weighted by molar-refractivity contribution is 0.0633. The molecule has 0 radical (unpaired) electrons. The minimum absolute atomic E-state index is 0.127. The number of carbonyl (C=O) groups excluding carboxylic acids is 1. The van der Waals surface area contributed by atoms with Gasteiger partial charge in [0.15, 0.2) is 5.82 Å². The number of hydrogen-bond acceptors (Lipinski definition) is 5. The van der Waals surface area contributed by atoms with Crippen LogP contribution in [0.4, 0.5) is 15.0 Å². The van der Waals surface area contributed by atoms with Crippen LogP contribution in [-0.4, -0.2) is 37.1 Å². The maximum Gasteiger partial charge on any atom is 0.413 e. The SMILES string of the molecule is CC(C)(C)OC(=O)Nc1nc2cc(F)c(C(=O)O)cc2n2cncc12. The van der Waals surface area contributed by atoms with Gasteiger partial charge < -0.3 is 9.84 Å². The van der Waals surface area contributed by atoms with Crippen LogP contribution in [0.25, 0.3) is 16.6 Å². The highest BCUT2D eigenvalue weighted by atomic mass is 19.1. The van der Waals surface area contributed by atoms with Crippen LogP contribution in [-0.2, 0) is 4.74 Å². The van der Waals surface area contributed by atoms with Crippen molar-refractivity contribution in [2.45, 2.75) is 26.4 Å². The second-order valence-corrected chi connectivity index (χ2v) is 6.36. The lowest BCUT2D eigenvalue weighted by Gasteiger charge is -2.19. The number of aromatic carboxylic acids is 1. The summed E-state index contributed by atoms with van der Waals surface area (Å²) in [5.41, 5.74) is -0.237. The van der Waals surface area contributed by atoms with Gasteiger partial charge in [0, 0.05) is 6.07 Å². The van der Waals surface area contributed by atoms with Crippen molar-refractivity contribution in [2.75, 3.05) is 5.32 Å². The van der Waals surface area contributed by atoms with Gasteiger partial charge in [-0.2, -0.15) is 0 Å². The molecule has 2 aromatic heterocycles. The van der Waals surface area contributed by atoms with Crippen LogP contribution in [0, 0.1) is 5.82 Å². The van der Waals surface area contributed by atoms with Gasteiger partial charge in [0.1, 0.15) is 16.9 Å². The van der Waals surface area contributed by atoms with Crippen LogP contribution in [0.15, 0.2) is 24.7 Å². The van der Waals surface area contributed by atoms with Crippen molar-refractivity contribution in [3.05, 3.63) is 36.0 Å². The molecule has 3 rings (SSSR count). The fourth-order valence-electron chi connectivity index (χ4n) is 2.33. The molecule has 0 bridgehead atoms. The second-order valence-electron chi connectivity index (χ2n) is 6.36. The molecule has 1 aromatic carbocycles. The Hall–Kier alpha value is -3.23. The third-order valence-corrected chi connectivity index (χ3v) is 3.29. The smallest absolute Gasteiger partial charge is 0.413 e. The van der Waals surface area contributed by atoms with Crippen LogP contribution >= 0.6 is 0 Å². The van der Waals surface area contributed by atoms with Gasteiger partial charge in [-0.3, -0.25) is 9.72 Å². The summed E-state index contributed by atoms with van der Waals surface area (Å²) < 4.78 is 20.7. The molecule has 3 aromatic rings. The third-order valence-electron chi connectivity index (χ3n) is 3.29. The van der Waals surface area contributed by atoms with E-state index < -0.39 is 29.0 Å². The summed E-state index contributed by atoms with van der Waals surface area (Å²) in [5.74, 6) is -2.18. The zero-order chi connectivity index (χ0) is 18.4. The average molecular weight is 346 g/mol. The Kier molecular flexibility index (Phi) is 3.78. The molecule has 0 fully saturated rings. The number of amides is 1. The first-order valence-electron chi connectivity index (χ1n) is 7.34. The number of carboxylic acid groups (broad SMARTS) is 1. The van der Waals surface area contributed by atoms with Gasteiger partial charge in [0.25, 0.3) is 0 Å². The second kappa shape index (κ2) is 5.69. The molecular formula is C16H15FN4O4. The number of anilines is 1. The van der Waals surface area contributed by atoms with E-state index in [2.05, 4.69) is 15.3 Å². The lowest BCUT2D eigenvalue weighted by Crippen LogP contribution is -2.27. The molecule has 0 saturated heterocycles. The van der Waals surface area contributed by atoms with Crippen LogP contribution in [0.3, 0.4) is 0 Å². The molecule has 2 N–H and O–H groups in total. The van der Waals surface area contributed by atoms with Crippen LogP contribution < -0.4 is 5.32 Å². The van der Waals surface area contributed by atoms with Gasteiger partial charge >= 0.3 is 12.1 Å². The number of imidazole rings is 1. The van der Waals surface area contributed by atoms with Gasteiger partial charge in [-0.15, -0.1) is 0 Å². The van der Waals surface area contributed by atoms with Gasteiger partial charge in [0.2, 0.25) is 0 Å². The predicted molar refractivity (Wildman–Crippen MR) is 87.3 cm³/mol. The van der Waals surface area contributed by atoms with Crippen molar-refractivity contribution < 1.29 is 23.8 Å². The summed E-state index contributed by atoms with van der Waals surface area (Å²) in [5, 5.41) is 11.6. The fraction of sp³-hybridized carbons (Fsp3) is 0.250. The number of fused-ring (bicyclic) bond motifs is 3. The van der Waals surface area contributed by atoms with Gasteiger partial charge in [-0.25, -0.2) is 23.9 Å². The standard InChI is InChI=1S/C16H15FN4O4/c1-16(2,3)25-15(24)20-13-12-6-18-7-21(12)11-4-8(14(22)23)9(17)5-10(11)19-13/h4-7H,1-3H3,(H,22,23)(H,19,20,24). The Labute approximate surface area is 141 Å². The summed E-state index contributed by atoms with van der Waals surface area (Å²) in [4.78, 5) is 31.3. The van der Waals surface area contributed by atoms with Crippen LogP contribution in [0.1, 0.15) is 31.1 Å². The number of nitrogens with zero attached hydrogens (tertiary/aromatic N) is 3. The number of hydrogen-bond donors (Lipinski definition) is 2. The molecule has 1 amide bonds.